The Bertz CT molecular complexity index is 359. The van der Waals surface area contributed by atoms with Crippen molar-refractivity contribution in [2.45, 2.75) is 32.9 Å². The molecule has 1 amide bonds. The summed E-state index contributed by atoms with van der Waals surface area (Å²) in [6.07, 6.45) is 1.46. The van der Waals surface area contributed by atoms with Crippen LogP contribution in [0.25, 0.3) is 0 Å². The van der Waals surface area contributed by atoms with Gasteiger partial charge in [0.25, 0.3) is 5.91 Å². The minimum Gasteiger partial charge on any atom is -0.358 e. The Kier molecular flexibility index (Phi) is 2.15. The quantitative estimate of drug-likeness (QED) is 0.742. The van der Waals surface area contributed by atoms with Gasteiger partial charge in [0, 0.05) is 6.42 Å². The average molecular weight is 195 g/mol. The van der Waals surface area contributed by atoms with E-state index in [-0.39, 0.29) is 12.1 Å². The lowest BCUT2D eigenvalue weighted by Crippen LogP contribution is -2.44. The number of aromatic nitrogens is 1. The summed E-state index contributed by atoms with van der Waals surface area (Å²) < 4.78 is 5.06. The highest BCUT2D eigenvalue weighted by Crippen LogP contribution is 2.23. The summed E-state index contributed by atoms with van der Waals surface area (Å²) in [7, 11) is 0. The summed E-state index contributed by atoms with van der Waals surface area (Å²) in [6.45, 7) is 3.92. The van der Waals surface area contributed by atoms with Crippen LogP contribution in [-0.4, -0.2) is 17.2 Å². The third-order valence-electron chi connectivity index (χ3n) is 2.34. The standard InChI is InChI=1S/C9H13N3O2/c1-3-5-7-8(12-14-5)10-6(4-2)11-9(7)13/h6H,3-4H2,1-2H3,(H,10,12)(H,11,13). The molecule has 2 heterocycles. The van der Waals surface area contributed by atoms with Crippen molar-refractivity contribution in [2.24, 2.45) is 0 Å². The van der Waals surface area contributed by atoms with Crippen LogP contribution in [0.1, 0.15) is 36.4 Å². The maximum absolute atomic E-state index is 11.6. The van der Waals surface area contributed by atoms with Crippen LogP contribution in [0.15, 0.2) is 4.52 Å². The zero-order valence-electron chi connectivity index (χ0n) is 8.26. The first-order valence-corrected chi connectivity index (χ1v) is 4.82. The van der Waals surface area contributed by atoms with E-state index in [2.05, 4.69) is 15.8 Å². The summed E-state index contributed by atoms with van der Waals surface area (Å²) in [5.74, 6) is 1.11. The number of nitrogens with zero attached hydrogens (tertiary/aromatic N) is 1. The minimum atomic E-state index is -0.0938. The van der Waals surface area contributed by atoms with Crippen molar-refractivity contribution in [1.29, 1.82) is 0 Å². The lowest BCUT2D eigenvalue weighted by molar-refractivity contribution is 0.0933. The van der Waals surface area contributed by atoms with E-state index in [1.54, 1.807) is 0 Å². The number of hydrogen-bond donors (Lipinski definition) is 2. The molecular weight excluding hydrogens is 182 g/mol. The van der Waals surface area contributed by atoms with E-state index in [0.29, 0.717) is 23.6 Å². The molecule has 1 aromatic heterocycles. The first kappa shape index (κ1) is 9.05. The monoisotopic (exact) mass is 195 g/mol. The van der Waals surface area contributed by atoms with Crippen LogP contribution in [0.2, 0.25) is 0 Å². The van der Waals surface area contributed by atoms with E-state index in [9.17, 15) is 4.79 Å². The van der Waals surface area contributed by atoms with E-state index < -0.39 is 0 Å². The summed E-state index contributed by atoms with van der Waals surface area (Å²) in [6, 6.07) is 0. The second kappa shape index (κ2) is 3.32. The molecule has 0 spiro atoms. The van der Waals surface area contributed by atoms with Crippen LogP contribution in [0.3, 0.4) is 0 Å². The van der Waals surface area contributed by atoms with Crippen molar-refractivity contribution < 1.29 is 9.32 Å². The Hall–Kier alpha value is -1.52. The number of amides is 1. The van der Waals surface area contributed by atoms with Crippen molar-refractivity contribution in [3.63, 3.8) is 0 Å². The number of carbonyl (C=O) groups excluding carboxylic acids is 1. The van der Waals surface area contributed by atoms with E-state index >= 15 is 0 Å². The van der Waals surface area contributed by atoms with E-state index in [1.807, 2.05) is 13.8 Å². The van der Waals surface area contributed by atoms with Gasteiger partial charge in [-0.2, -0.15) is 0 Å². The fraction of sp³-hybridized carbons (Fsp3) is 0.556. The molecule has 5 nitrogen and oxygen atoms in total. The molecule has 2 N–H and O–H groups in total. The third kappa shape index (κ3) is 1.25. The predicted octanol–water partition coefficient (Wildman–Crippen LogP) is 1.13. The molecule has 0 radical (unpaired) electrons. The van der Waals surface area contributed by atoms with Crippen molar-refractivity contribution in [3.8, 4) is 0 Å². The highest BCUT2D eigenvalue weighted by atomic mass is 16.5. The highest BCUT2D eigenvalue weighted by molar-refractivity contribution is 6.01. The first-order valence-electron chi connectivity index (χ1n) is 4.82. The number of aryl methyl sites for hydroxylation is 1. The largest absolute Gasteiger partial charge is 0.358 e. The van der Waals surface area contributed by atoms with Gasteiger partial charge >= 0.3 is 0 Å². The molecule has 0 saturated heterocycles. The summed E-state index contributed by atoms with van der Waals surface area (Å²) in [5, 5.41) is 9.76. The molecule has 14 heavy (non-hydrogen) atoms. The maximum atomic E-state index is 11.6. The molecule has 0 saturated carbocycles. The Morgan fingerprint density at radius 1 is 1.43 bits per heavy atom. The zero-order chi connectivity index (χ0) is 10.1. The minimum absolute atomic E-state index is 0.0372. The lowest BCUT2D eigenvalue weighted by atomic mass is 10.1. The van der Waals surface area contributed by atoms with Gasteiger partial charge in [-0.1, -0.05) is 19.0 Å². The Balaban J connectivity index is 2.37. The van der Waals surface area contributed by atoms with E-state index in [1.165, 1.54) is 0 Å². The lowest BCUT2D eigenvalue weighted by Gasteiger charge is -2.23. The number of rotatable bonds is 2. The van der Waals surface area contributed by atoms with Crippen LogP contribution in [0.5, 0.6) is 0 Å². The number of nitrogens with one attached hydrogen (secondary N) is 2. The number of carbonyl (C=O) groups is 1. The summed E-state index contributed by atoms with van der Waals surface area (Å²) in [5.41, 5.74) is 0.553. The molecule has 5 heteroatoms. The van der Waals surface area contributed by atoms with Crippen molar-refractivity contribution in [1.82, 2.24) is 10.5 Å². The Morgan fingerprint density at radius 3 is 2.86 bits per heavy atom. The molecule has 0 fully saturated rings. The second-order valence-corrected chi connectivity index (χ2v) is 3.26. The highest BCUT2D eigenvalue weighted by Gasteiger charge is 2.29. The molecule has 1 aliphatic heterocycles. The fourth-order valence-electron chi connectivity index (χ4n) is 1.53. The van der Waals surface area contributed by atoms with Crippen LogP contribution >= 0.6 is 0 Å². The van der Waals surface area contributed by atoms with Gasteiger partial charge in [-0.3, -0.25) is 4.79 Å². The van der Waals surface area contributed by atoms with Gasteiger partial charge in [0.2, 0.25) is 0 Å². The normalized spacial score (nSPS) is 19.9. The van der Waals surface area contributed by atoms with Crippen molar-refractivity contribution in [2.75, 3.05) is 5.32 Å². The first-order chi connectivity index (χ1) is 6.76. The second-order valence-electron chi connectivity index (χ2n) is 3.26. The SMILES string of the molecule is CCc1onc2c1C(=O)NC(CC)N2. The Labute approximate surface area is 81.8 Å². The van der Waals surface area contributed by atoms with Gasteiger partial charge in [-0.25, -0.2) is 0 Å². The van der Waals surface area contributed by atoms with Crippen LogP contribution in [0.4, 0.5) is 5.82 Å². The van der Waals surface area contributed by atoms with Gasteiger partial charge in [0.1, 0.15) is 11.7 Å². The smallest absolute Gasteiger partial charge is 0.260 e. The van der Waals surface area contributed by atoms with Crippen LogP contribution in [0, 0.1) is 0 Å². The molecule has 0 aliphatic carbocycles. The third-order valence-corrected chi connectivity index (χ3v) is 2.34. The fourth-order valence-corrected chi connectivity index (χ4v) is 1.53. The van der Waals surface area contributed by atoms with Gasteiger partial charge in [-0.15, -0.1) is 0 Å². The number of fused-ring (bicyclic) bond motifs is 1. The van der Waals surface area contributed by atoms with Crippen LogP contribution in [-0.2, 0) is 6.42 Å². The van der Waals surface area contributed by atoms with Crippen molar-refractivity contribution in [3.05, 3.63) is 11.3 Å². The molecule has 2 rings (SSSR count). The topological polar surface area (TPSA) is 67.2 Å². The average Bonchev–Trinajstić information content (AvgIpc) is 2.61. The molecule has 1 atom stereocenters. The zero-order valence-corrected chi connectivity index (χ0v) is 8.26. The number of anilines is 1. The summed E-state index contributed by atoms with van der Waals surface area (Å²) in [4.78, 5) is 11.6. The molecule has 1 aliphatic rings. The number of hydrogen-bond acceptors (Lipinski definition) is 4. The molecular formula is C9H13N3O2. The molecule has 0 bridgehead atoms. The van der Waals surface area contributed by atoms with E-state index in [0.717, 1.165) is 6.42 Å². The van der Waals surface area contributed by atoms with Gasteiger partial charge in [0.15, 0.2) is 11.6 Å². The predicted molar refractivity (Wildman–Crippen MR) is 51.0 cm³/mol. The van der Waals surface area contributed by atoms with Crippen molar-refractivity contribution >= 4 is 11.7 Å². The Morgan fingerprint density at radius 2 is 2.21 bits per heavy atom. The maximum Gasteiger partial charge on any atom is 0.260 e. The molecule has 76 valence electrons. The molecule has 0 aromatic carbocycles. The van der Waals surface area contributed by atoms with Gasteiger partial charge in [0.05, 0.1) is 0 Å². The van der Waals surface area contributed by atoms with Crippen LogP contribution < -0.4 is 10.6 Å². The molecule has 1 unspecified atom stereocenters. The van der Waals surface area contributed by atoms with E-state index in [4.69, 9.17) is 4.52 Å². The van der Waals surface area contributed by atoms with Gasteiger partial charge < -0.3 is 15.2 Å². The summed E-state index contributed by atoms with van der Waals surface area (Å²) >= 11 is 0. The van der Waals surface area contributed by atoms with Gasteiger partial charge in [-0.05, 0) is 6.42 Å². The molecule has 1 aromatic rings.